The van der Waals surface area contributed by atoms with Gasteiger partial charge >= 0.3 is 0 Å². The lowest BCUT2D eigenvalue weighted by molar-refractivity contribution is -0.384. The van der Waals surface area contributed by atoms with Crippen molar-refractivity contribution in [2.45, 2.75) is 0 Å². The highest BCUT2D eigenvalue weighted by Crippen LogP contribution is 2.31. The van der Waals surface area contributed by atoms with Crippen molar-refractivity contribution in [1.82, 2.24) is 4.98 Å². The molecule has 0 unspecified atom stereocenters. The van der Waals surface area contributed by atoms with Crippen molar-refractivity contribution >= 4 is 17.1 Å². The second-order valence-electron chi connectivity index (χ2n) is 5.63. The number of rotatable bonds is 4. The molecule has 0 saturated carbocycles. The second-order valence-corrected chi connectivity index (χ2v) is 5.63. The molecule has 3 rings (SSSR count). The number of ether oxygens (including phenoxy) is 1. The third-order valence-electron chi connectivity index (χ3n) is 4.22. The summed E-state index contributed by atoms with van der Waals surface area (Å²) >= 11 is 0. The van der Waals surface area contributed by atoms with Gasteiger partial charge in [0.1, 0.15) is 11.4 Å². The minimum Gasteiger partial charge on any atom is -0.495 e. The molecule has 8 heteroatoms. The van der Waals surface area contributed by atoms with Crippen molar-refractivity contribution < 1.29 is 9.66 Å². The van der Waals surface area contributed by atoms with Crippen LogP contribution >= 0.6 is 0 Å². The Labute approximate surface area is 145 Å². The van der Waals surface area contributed by atoms with Crippen molar-refractivity contribution in [3.63, 3.8) is 0 Å². The van der Waals surface area contributed by atoms with E-state index >= 15 is 0 Å². The van der Waals surface area contributed by atoms with Gasteiger partial charge < -0.3 is 14.5 Å². The monoisotopic (exact) mass is 339 g/mol. The molecule has 1 saturated heterocycles. The van der Waals surface area contributed by atoms with Crippen LogP contribution in [-0.4, -0.2) is 43.2 Å². The molecule has 0 spiro atoms. The number of aromatic nitrogens is 1. The average molecular weight is 339 g/mol. The Kier molecular flexibility index (Phi) is 4.66. The number of nitro benzene ring substituents is 1. The lowest BCUT2D eigenvalue weighted by atomic mass is 10.1. The van der Waals surface area contributed by atoms with Crippen LogP contribution in [0.2, 0.25) is 0 Å². The number of anilines is 2. The van der Waals surface area contributed by atoms with Crippen LogP contribution < -0.4 is 14.5 Å². The van der Waals surface area contributed by atoms with Gasteiger partial charge in [-0.25, -0.2) is 0 Å². The number of methoxy groups -OCH3 is 1. The fourth-order valence-electron chi connectivity index (χ4n) is 2.90. The first-order valence-electron chi connectivity index (χ1n) is 7.80. The summed E-state index contributed by atoms with van der Waals surface area (Å²) in [5.74, 6) is 0.692. The van der Waals surface area contributed by atoms with Gasteiger partial charge in [-0.2, -0.15) is 5.26 Å². The summed E-state index contributed by atoms with van der Waals surface area (Å²) in [4.78, 5) is 19.1. The van der Waals surface area contributed by atoms with Crippen molar-refractivity contribution in [2.75, 3.05) is 43.1 Å². The van der Waals surface area contributed by atoms with Gasteiger partial charge in [-0.1, -0.05) is 0 Å². The molecule has 8 nitrogen and oxygen atoms in total. The quantitative estimate of drug-likeness (QED) is 0.622. The molecule has 2 heterocycles. The van der Waals surface area contributed by atoms with Crippen molar-refractivity contribution in [3.05, 3.63) is 52.3 Å². The van der Waals surface area contributed by atoms with Crippen LogP contribution in [0.25, 0.3) is 0 Å². The van der Waals surface area contributed by atoms with Gasteiger partial charge in [0.25, 0.3) is 5.69 Å². The van der Waals surface area contributed by atoms with Gasteiger partial charge in [-0.3, -0.25) is 15.1 Å². The van der Waals surface area contributed by atoms with Crippen LogP contribution in [0.5, 0.6) is 5.75 Å². The summed E-state index contributed by atoms with van der Waals surface area (Å²) in [7, 11) is 1.60. The lowest BCUT2D eigenvalue weighted by Gasteiger charge is -2.37. The summed E-state index contributed by atoms with van der Waals surface area (Å²) in [6.07, 6.45) is 3.42. The molecule has 0 amide bonds. The summed E-state index contributed by atoms with van der Waals surface area (Å²) in [6, 6.07) is 8.41. The van der Waals surface area contributed by atoms with E-state index in [0.29, 0.717) is 43.2 Å². The fourth-order valence-corrected chi connectivity index (χ4v) is 2.90. The standard InChI is InChI=1S/C17H17N5O3/c1-25-15-9-14(11-19-12-15)20-4-6-21(7-5-20)17-8-13(10-18)2-3-16(17)22(23)24/h2-3,8-9,11-12H,4-7H2,1H3. The fraction of sp³-hybridized carbons (Fsp3) is 0.294. The lowest BCUT2D eigenvalue weighted by Crippen LogP contribution is -2.46. The molecule has 1 aromatic carbocycles. The number of hydrogen-bond donors (Lipinski definition) is 0. The molecule has 0 aliphatic carbocycles. The summed E-state index contributed by atoms with van der Waals surface area (Å²) in [6.45, 7) is 2.63. The molecule has 0 atom stereocenters. The molecule has 0 bridgehead atoms. The van der Waals surface area contributed by atoms with Gasteiger partial charge in [0, 0.05) is 38.3 Å². The van der Waals surface area contributed by atoms with E-state index in [9.17, 15) is 10.1 Å². The molecule has 2 aromatic rings. The maximum absolute atomic E-state index is 11.3. The Bertz CT molecular complexity index is 825. The van der Waals surface area contributed by atoms with Crippen LogP contribution in [0.3, 0.4) is 0 Å². The van der Waals surface area contributed by atoms with Crippen LogP contribution in [0, 0.1) is 21.4 Å². The zero-order chi connectivity index (χ0) is 17.8. The minimum absolute atomic E-state index is 0.0236. The van der Waals surface area contributed by atoms with E-state index in [4.69, 9.17) is 10.00 Å². The zero-order valence-corrected chi connectivity index (χ0v) is 13.8. The van der Waals surface area contributed by atoms with Crippen molar-refractivity contribution in [3.8, 4) is 11.8 Å². The Morgan fingerprint density at radius 3 is 2.56 bits per heavy atom. The first-order chi connectivity index (χ1) is 12.1. The van der Waals surface area contributed by atoms with Gasteiger partial charge in [-0.15, -0.1) is 0 Å². The SMILES string of the molecule is COc1cncc(N2CCN(c3cc(C#N)ccc3[N+](=O)[O-])CC2)c1. The number of nitrogens with zero attached hydrogens (tertiary/aromatic N) is 5. The van der Waals surface area contributed by atoms with E-state index in [1.807, 2.05) is 17.0 Å². The van der Waals surface area contributed by atoms with E-state index in [2.05, 4.69) is 9.88 Å². The average Bonchev–Trinajstić information content (AvgIpc) is 2.67. The number of nitriles is 1. The third-order valence-corrected chi connectivity index (χ3v) is 4.22. The number of nitro groups is 1. The molecule has 1 fully saturated rings. The van der Waals surface area contributed by atoms with Crippen LogP contribution in [0.4, 0.5) is 17.1 Å². The first-order valence-corrected chi connectivity index (χ1v) is 7.80. The van der Waals surface area contributed by atoms with E-state index in [1.54, 1.807) is 25.6 Å². The number of hydrogen-bond acceptors (Lipinski definition) is 7. The highest BCUT2D eigenvalue weighted by molar-refractivity contribution is 5.66. The Balaban J connectivity index is 1.78. The van der Waals surface area contributed by atoms with Gasteiger partial charge in [0.05, 0.1) is 41.7 Å². The molecule has 1 aliphatic heterocycles. The van der Waals surface area contributed by atoms with Gasteiger partial charge in [0.2, 0.25) is 0 Å². The number of benzene rings is 1. The maximum atomic E-state index is 11.3. The van der Waals surface area contributed by atoms with Crippen LogP contribution in [0.1, 0.15) is 5.56 Å². The van der Waals surface area contributed by atoms with E-state index in [0.717, 1.165) is 5.69 Å². The predicted octanol–water partition coefficient (Wildman–Crippen LogP) is 2.20. The topological polar surface area (TPSA) is 95.5 Å². The number of pyridine rings is 1. The molecular weight excluding hydrogens is 322 g/mol. The summed E-state index contributed by atoms with van der Waals surface area (Å²) < 4.78 is 5.20. The Morgan fingerprint density at radius 2 is 1.92 bits per heavy atom. The molecule has 0 N–H and O–H groups in total. The van der Waals surface area contributed by atoms with E-state index < -0.39 is 4.92 Å². The first kappa shape index (κ1) is 16.5. The Morgan fingerprint density at radius 1 is 1.20 bits per heavy atom. The Hall–Kier alpha value is -3.34. The van der Waals surface area contributed by atoms with Crippen molar-refractivity contribution in [1.29, 1.82) is 5.26 Å². The highest BCUT2D eigenvalue weighted by atomic mass is 16.6. The largest absolute Gasteiger partial charge is 0.495 e. The van der Waals surface area contributed by atoms with Crippen LogP contribution in [-0.2, 0) is 0 Å². The molecular formula is C17H17N5O3. The molecule has 1 aliphatic rings. The normalized spacial score (nSPS) is 14.1. The maximum Gasteiger partial charge on any atom is 0.292 e. The molecule has 0 radical (unpaired) electrons. The predicted molar refractivity (Wildman–Crippen MR) is 93.0 cm³/mol. The summed E-state index contributed by atoms with van der Waals surface area (Å²) in [5, 5.41) is 20.3. The number of piperazine rings is 1. The second kappa shape index (κ2) is 7.05. The van der Waals surface area contributed by atoms with Gasteiger partial charge in [0.15, 0.2) is 0 Å². The third kappa shape index (κ3) is 3.45. The zero-order valence-electron chi connectivity index (χ0n) is 13.8. The van der Waals surface area contributed by atoms with E-state index in [1.165, 1.54) is 12.1 Å². The van der Waals surface area contributed by atoms with E-state index in [-0.39, 0.29) is 5.69 Å². The van der Waals surface area contributed by atoms with Crippen molar-refractivity contribution in [2.24, 2.45) is 0 Å². The molecule has 25 heavy (non-hydrogen) atoms. The molecule has 1 aromatic heterocycles. The van der Waals surface area contributed by atoms with Gasteiger partial charge in [-0.05, 0) is 12.1 Å². The minimum atomic E-state index is -0.408. The smallest absolute Gasteiger partial charge is 0.292 e. The summed E-state index contributed by atoms with van der Waals surface area (Å²) in [5.41, 5.74) is 1.89. The highest BCUT2D eigenvalue weighted by Gasteiger charge is 2.24. The van der Waals surface area contributed by atoms with Crippen LogP contribution in [0.15, 0.2) is 36.7 Å². The molecule has 128 valence electrons.